The number of benzene rings is 2. The SMILES string of the molecule is C=C(Cl)/C(=C\C=C/C)C(C)Pc1cc(-n2cnc3ccc(C4CCC(N(C)C(=O)c5ccccc5C=O)CC4)cc32)sc1/C(=C\CC)OC.CC. The summed E-state index contributed by atoms with van der Waals surface area (Å²) in [5, 5.41) is 2.88. The van der Waals surface area contributed by atoms with Gasteiger partial charge in [-0.1, -0.05) is 96.9 Å². The van der Waals surface area contributed by atoms with Gasteiger partial charge < -0.3 is 9.64 Å². The Bertz CT molecular complexity index is 1910. The molecule has 1 fully saturated rings. The molecule has 1 aliphatic rings. The fourth-order valence-electron chi connectivity index (χ4n) is 6.62. The van der Waals surface area contributed by atoms with E-state index in [1.807, 2.05) is 51.2 Å². The molecule has 2 aromatic heterocycles. The van der Waals surface area contributed by atoms with Gasteiger partial charge >= 0.3 is 0 Å². The van der Waals surface area contributed by atoms with Crippen LogP contribution in [0.15, 0.2) is 96.3 Å². The summed E-state index contributed by atoms with van der Waals surface area (Å²) in [7, 11) is 4.06. The van der Waals surface area contributed by atoms with Gasteiger partial charge in [0, 0.05) is 29.3 Å². The highest BCUT2D eigenvalue weighted by Gasteiger charge is 2.29. The molecule has 1 amide bonds. The van der Waals surface area contributed by atoms with E-state index in [4.69, 9.17) is 21.3 Å². The number of fused-ring (bicyclic) bond motifs is 1. The van der Waals surface area contributed by atoms with Crippen LogP contribution in [0.25, 0.3) is 21.8 Å². The molecule has 0 saturated heterocycles. The third-order valence-corrected chi connectivity index (χ3v) is 12.3. The number of allylic oxidation sites excluding steroid dienone is 6. The molecule has 2 heterocycles. The Morgan fingerprint density at radius 1 is 1.18 bits per heavy atom. The molecule has 4 aromatic rings. The van der Waals surface area contributed by atoms with Crippen molar-refractivity contribution in [3.05, 3.63) is 118 Å². The van der Waals surface area contributed by atoms with E-state index in [0.29, 0.717) is 30.7 Å². The van der Waals surface area contributed by atoms with Crippen molar-refractivity contribution in [1.29, 1.82) is 0 Å². The number of carbonyl (C=O) groups is 2. The summed E-state index contributed by atoms with van der Waals surface area (Å²) < 4.78 is 8.11. The molecule has 270 valence electrons. The molecule has 6 nitrogen and oxygen atoms in total. The Balaban J connectivity index is 0.00000286. The minimum absolute atomic E-state index is 0.0933. The lowest BCUT2D eigenvalue weighted by atomic mass is 9.81. The second-order valence-corrected chi connectivity index (χ2v) is 15.6. The van der Waals surface area contributed by atoms with Gasteiger partial charge in [0.2, 0.25) is 0 Å². The zero-order chi connectivity index (χ0) is 37.1. The molecule has 2 unspecified atom stereocenters. The second kappa shape index (κ2) is 19.2. The van der Waals surface area contributed by atoms with Gasteiger partial charge in [-0.05, 0) is 91.7 Å². The fraction of sp³-hybridized carbons (Fsp3) is 0.357. The molecule has 1 aliphatic carbocycles. The van der Waals surface area contributed by atoms with Crippen molar-refractivity contribution in [2.24, 2.45) is 0 Å². The van der Waals surface area contributed by atoms with E-state index < -0.39 is 0 Å². The number of thiophene rings is 1. The molecule has 0 bridgehead atoms. The Morgan fingerprint density at radius 2 is 1.90 bits per heavy atom. The van der Waals surface area contributed by atoms with Crippen molar-refractivity contribution >= 4 is 65.8 Å². The quantitative estimate of drug-likeness (QED) is 0.0592. The molecular formula is C42H51ClN3O3PS. The van der Waals surface area contributed by atoms with Crippen molar-refractivity contribution in [1.82, 2.24) is 14.5 Å². The summed E-state index contributed by atoms with van der Waals surface area (Å²) in [5.41, 5.74) is 5.44. The summed E-state index contributed by atoms with van der Waals surface area (Å²) in [5.74, 6) is 1.19. The molecule has 9 heteroatoms. The number of aldehydes is 1. The smallest absolute Gasteiger partial charge is 0.254 e. The van der Waals surface area contributed by atoms with Crippen LogP contribution in [-0.4, -0.2) is 52.5 Å². The van der Waals surface area contributed by atoms with Crippen LogP contribution in [-0.2, 0) is 4.74 Å². The number of carbonyl (C=O) groups excluding carboxylic acids is 2. The third-order valence-electron chi connectivity index (χ3n) is 9.34. The summed E-state index contributed by atoms with van der Waals surface area (Å²) in [6.07, 6.45) is 15.5. The van der Waals surface area contributed by atoms with Crippen molar-refractivity contribution < 1.29 is 14.3 Å². The number of hydrogen-bond donors (Lipinski definition) is 0. The number of amides is 1. The van der Waals surface area contributed by atoms with Crippen LogP contribution in [0.3, 0.4) is 0 Å². The maximum atomic E-state index is 13.3. The minimum atomic E-state index is -0.0933. The fourth-order valence-corrected chi connectivity index (χ4v) is 9.81. The lowest BCUT2D eigenvalue weighted by Crippen LogP contribution is -2.39. The lowest BCUT2D eigenvalue weighted by molar-refractivity contribution is 0.0687. The number of hydrogen-bond acceptors (Lipinski definition) is 5. The number of aromatic nitrogens is 2. The van der Waals surface area contributed by atoms with Gasteiger partial charge in [-0.2, -0.15) is 0 Å². The van der Waals surface area contributed by atoms with Crippen LogP contribution in [0.5, 0.6) is 0 Å². The monoisotopic (exact) mass is 743 g/mol. The van der Waals surface area contributed by atoms with Crippen molar-refractivity contribution in [2.45, 2.75) is 84.3 Å². The van der Waals surface area contributed by atoms with Crippen LogP contribution in [0.4, 0.5) is 0 Å². The first kappa shape index (κ1) is 40.0. The van der Waals surface area contributed by atoms with E-state index in [1.54, 1.807) is 42.7 Å². The van der Waals surface area contributed by atoms with E-state index in [-0.39, 0.29) is 17.6 Å². The van der Waals surface area contributed by atoms with E-state index in [2.05, 4.69) is 61.4 Å². The lowest BCUT2D eigenvalue weighted by Gasteiger charge is -2.35. The van der Waals surface area contributed by atoms with E-state index in [0.717, 1.165) is 70.6 Å². The maximum Gasteiger partial charge on any atom is 0.254 e. The number of methoxy groups -OCH3 is 1. The molecule has 0 N–H and O–H groups in total. The number of halogens is 1. The Hall–Kier alpha value is -3.77. The summed E-state index contributed by atoms with van der Waals surface area (Å²) in [6, 6.07) is 16.1. The molecule has 2 aromatic carbocycles. The largest absolute Gasteiger partial charge is 0.496 e. The number of ether oxygens (including phenoxy) is 1. The van der Waals surface area contributed by atoms with Gasteiger partial charge in [0.15, 0.2) is 6.29 Å². The molecule has 0 aliphatic heterocycles. The molecule has 51 heavy (non-hydrogen) atoms. The first-order valence-corrected chi connectivity index (χ1v) is 20.1. The number of rotatable bonds is 13. The molecule has 0 spiro atoms. The second-order valence-electron chi connectivity index (χ2n) is 12.4. The maximum absolute atomic E-state index is 13.3. The van der Waals surface area contributed by atoms with Crippen LogP contribution >= 0.6 is 31.5 Å². The van der Waals surface area contributed by atoms with Gasteiger partial charge in [-0.25, -0.2) is 4.98 Å². The van der Waals surface area contributed by atoms with Gasteiger partial charge in [-0.15, -0.1) is 11.3 Å². The Kier molecular flexibility index (Phi) is 15.0. The van der Waals surface area contributed by atoms with E-state index >= 15 is 0 Å². The zero-order valence-corrected chi connectivity index (χ0v) is 33.5. The van der Waals surface area contributed by atoms with E-state index in [1.165, 1.54) is 10.9 Å². The predicted octanol–water partition coefficient (Wildman–Crippen LogP) is 11.1. The highest BCUT2D eigenvalue weighted by atomic mass is 35.5. The highest BCUT2D eigenvalue weighted by molar-refractivity contribution is 7.49. The van der Waals surface area contributed by atoms with Crippen LogP contribution in [0.2, 0.25) is 0 Å². The Labute approximate surface area is 314 Å². The molecular weight excluding hydrogens is 693 g/mol. The zero-order valence-electron chi connectivity index (χ0n) is 30.9. The van der Waals surface area contributed by atoms with Gasteiger partial charge in [0.25, 0.3) is 5.91 Å². The van der Waals surface area contributed by atoms with Gasteiger partial charge in [0.05, 0.1) is 28.6 Å². The molecule has 0 radical (unpaired) electrons. The van der Waals surface area contributed by atoms with Crippen molar-refractivity contribution in [2.75, 3.05) is 14.2 Å². The van der Waals surface area contributed by atoms with Crippen molar-refractivity contribution in [3.63, 3.8) is 0 Å². The summed E-state index contributed by atoms with van der Waals surface area (Å²) >= 11 is 8.18. The summed E-state index contributed by atoms with van der Waals surface area (Å²) in [4.78, 5) is 32.5. The molecule has 1 saturated carbocycles. The average molecular weight is 744 g/mol. The molecule has 2 atom stereocenters. The number of nitrogens with zero attached hydrogens (tertiary/aromatic N) is 3. The average Bonchev–Trinajstić information content (AvgIpc) is 3.77. The van der Waals surface area contributed by atoms with Gasteiger partial charge in [0.1, 0.15) is 17.1 Å². The van der Waals surface area contributed by atoms with Crippen LogP contribution in [0, 0.1) is 0 Å². The summed E-state index contributed by atoms with van der Waals surface area (Å²) in [6.45, 7) is 14.3. The topological polar surface area (TPSA) is 64.4 Å². The number of imidazole rings is 1. The van der Waals surface area contributed by atoms with E-state index in [9.17, 15) is 9.59 Å². The van der Waals surface area contributed by atoms with Crippen molar-refractivity contribution in [3.8, 4) is 5.00 Å². The highest BCUT2D eigenvalue weighted by Crippen LogP contribution is 2.39. The van der Waals surface area contributed by atoms with Gasteiger partial charge in [-0.3, -0.25) is 14.2 Å². The predicted molar refractivity (Wildman–Crippen MR) is 220 cm³/mol. The van der Waals surface area contributed by atoms with Crippen LogP contribution in [0.1, 0.15) is 104 Å². The normalized spacial score (nSPS) is 17.4. The molecule has 5 rings (SSSR count). The first-order chi connectivity index (χ1) is 24.7. The first-order valence-electron chi connectivity index (χ1n) is 17.8. The van der Waals surface area contributed by atoms with Crippen LogP contribution < -0.4 is 5.30 Å². The third kappa shape index (κ3) is 9.37. The standard InChI is InChI=1S/C40H45ClN3O3PS.C2H6/c1-7-9-14-32(26(3)41)27(4)48-37-23-38(49-39(37)36(47-6)12-8-2)44-25-42-34-21-18-29(22-35(34)44)28-16-19-31(20-17-28)43(5)40(46)33-15-11-10-13-30(33)24-45;1-2/h7,9-15,18,21-25,27-28,31,48H,3,8,16-17,19-20H2,1-2,4-6H3;1-2H3/b9-7-,32-14+,36-12+;. The Morgan fingerprint density at radius 3 is 2.55 bits per heavy atom. The minimum Gasteiger partial charge on any atom is -0.496 e.